The summed E-state index contributed by atoms with van der Waals surface area (Å²) < 4.78 is 24.6. The minimum atomic E-state index is -3.73. The third kappa shape index (κ3) is 3.91. The number of hydrogen-bond acceptors (Lipinski definition) is 4. The van der Waals surface area contributed by atoms with Crippen molar-refractivity contribution in [2.45, 2.75) is 17.9 Å². The predicted molar refractivity (Wildman–Crippen MR) is 69.7 cm³/mol. The van der Waals surface area contributed by atoms with Gasteiger partial charge in [-0.2, -0.15) is 3.22 Å². The van der Waals surface area contributed by atoms with E-state index >= 15 is 0 Å². The molecule has 1 rings (SSSR count). The van der Waals surface area contributed by atoms with Gasteiger partial charge in [-0.3, -0.25) is 4.79 Å². The minimum Gasteiger partial charge on any atom is -0.480 e. The van der Waals surface area contributed by atoms with Crippen LogP contribution in [0.1, 0.15) is 6.92 Å². The predicted octanol–water partition coefficient (Wildman–Crippen LogP) is 1.00. The molecule has 0 aromatic heterocycles. The number of carbonyl (C=O) groups is 1. The second-order valence-electron chi connectivity index (χ2n) is 3.23. The molecule has 0 aliphatic heterocycles. The zero-order chi connectivity index (χ0) is 13.1. The molecule has 0 aliphatic rings. The quantitative estimate of drug-likeness (QED) is 0.459. The fraction of sp³-hybridized carbons (Fsp3) is 0.222. The Bertz CT molecular complexity index is 491. The number of carboxylic acid groups (broad SMARTS) is 1. The average Bonchev–Trinajstić information content (AvgIpc) is 2.28. The van der Waals surface area contributed by atoms with Crippen LogP contribution in [-0.4, -0.2) is 28.8 Å². The van der Waals surface area contributed by atoms with Gasteiger partial charge >= 0.3 is 5.97 Å². The van der Waals surface area contributed by atoms with E-state index < -0.39 is 22.0 Å². The first-order chi connectivity index (χ1) is 7.84. The van der Waals surface area contributed by atoms with Crippen LogP contribution in [0.25, 0.3) is 0 Å². The van der Waals surface area contributed by atoms with Crippen molar-refractivity contribution >= 4 is 38.9 Å². The fourth-order valence-corrected chi connectivity index (χ4v) is 2.97. The van der Waals surface area contributed by atoms with Gasteiger partial charge in [0.1, 0.15) is 6.04 Å². The van der Waals surface area contributed by atoms with Crippen molar-refractivity contribution < 1.29 is 18.3 Å². The number of rotatable bonds is 5. The molecule has 0 spiro atoms. The van der Waals surface area contributed by atoms with Crippen LogP contribution in [0.5, 0.6) is 0 Å². The van der Waals surface area contributed by atoms with Crippen molar-refractivity contribution in [1.82, 2.24) is 8.05 Å². The topological polar surface area (TPSA) is 86.7 Å². The zero-order valence-electron chi connectivity index (χ0n) is 8.87. The van der Waals surface area contributed by atoms with Gasteiger partial charge in [0, 0.05) is 22.9 Å². The summed E-state index contributed by atoms with van der Waals surface area (Å²) in [4.78, 5) is 12.9. The first kappa shape index (κ1) is 14.4. The number of hydrazine groups is 1. The number of nitrogens with zero attached hydrogens (tertiary/aromatic N) is 1. The summed E-state index contributed by atoms with van der Waals surface area (Å²) in [7, 11) is -3.73. The lowest BCUT2D eigenvalue weighted by Crippen LogP contribution is -2.43. The highest BCUT2D eigenvalue weighted by atomic mass is 127. The van der Waals surface area contributed by atoms with Crippen molar-refractivity contribution in [3.8, 4) is 0 Å². The van der Waals surface area contributed by atoms with Gasteiger partial charge in [-0.25, -0.2) is 8.42 Å². The molecule has 0 aliphatic carbocycles. The Kier molecular flexibility index (Phi) is 4.86. The van der Waals surface area contributed by atoms with Crippen LogP contribution in [0.3, 0.4) is 0 Å². The number of hydrogen-bond donors (Lipinski definition) is 2. The molecule has 1 aromatic rings. The van der Waals surface area contributed by atoms with Gasteiger partial charge in [-0.1, -0.05) is 18.2 Å². The van der Waals surface area contributed by atoms with Gasteiger partial charge in [0.25, 0.3) is 10.0 Å². The molecule has 6 nitrogen and oxygen atoms in total. The van der Waals surface area contributed by atoms with Crippen LogP contribution in [0.15, 0.2) is 35.2 Å². The monoisotopic (exact) mass is 370 g/mol. The van der Waals surface area contributed by atoms with Crippen LogP contribution in [0.2, 0.25) is 0 Å². The fourth-order valence-electron chi connectivity index (χ4n) is 0.943. The Morgan fingerprint density at radius 1 is 1.41 bits per heavy atom. The molecular weight excluding hydrogens is 359 g/mol. The summed E-state index contributed by atoms with van der Waals surface area (Å²) in [5.74, 6) is -1.12. The van der Waals surface area contributed by atoms with Crippen LogP contribution in [0, 0.1) is 0 Å². The van der Waals surface area contributed by atoms with E-state index in [-0.39, 0.29) is 4.90 Å². The molecule has 0 saturated carbocycles. The van der Waals surface area contributed by atoms with E-state index in [1.54, 1.807) is 41.1 Å². The third-order valence-electron chi connectivity index (χ3n) is 1.96. The van der Waals surface area contributed by atoms with E-state index in [0.29, 0.717) is 0 Å². The largest absolute Gasteiger partial charge is 0.480 e. The van der Waals surface area contributed by atoms with Crippen LogP contribution < -0.4 is 4.83 Å². The van der Waals surface area contributed by atoms with E-state index in [1.807, 2.05) is 0 Å². The average molecular weight is 370 g/mol. The highest BCUT2D eigenvalue weighted by molar-refractivity contribution is 14.1. The molecule has 0 amide bonds. The van der Waals surface area contributed by atoms with Crippen molar-refractivity contribution in [2.24, 2.45) is 0 Å². The number of benzene rings is 1. The normalized spacial score (nSPS) is 13.6. The molecule has 0 saturated heterocycles. The lowest BCUT2D eigenvalue weighted by molar-refractivity contribution is -0.140. The number of aliphatic carboxylic acids is 1. The summed E-state index contributed by atoms with van der Waals surface area (Å²) >= 11 is 1.60. The van der Waals surface area contributed by atoms with Gasteiger partial charge < -0.3 is 5.11 Å². The molecule has 0 radical (unpaired) electrons. The second kappa shape index (κ2) is 5.76. The molecule has 94 valence electrons. The summed E-state index contributed by atoms with van der Waals surface area (Å²) in [5.41, 5.74) is 0. The van der Waals surface area contributed by atoms with Crippen LogP contribution in [-0.2, 0) is 14.8 Å². The maximum atomic E-state index is 11.8. The van der Waals surface area contributed by atoms with Crippen LogP contribution in [0.4, 0.5) is 0 Å². The Balaban J connectivity index is 2.85. The third-order valence-corrected chi connectivity index (χ3v) is 4.69. The molecule has 2 N–H and O–H groups in total. The lowest BCUT2D eigenvalue weighted by atomic mass is 10.4. The Morgan fingerprint density at radius 3 is 2.41 bits per heavy atom. The second-order valence-corrected chi connectivity index (χ2v) is 5.93. The van der Waals surface area contributed by atoms with Gasteiger partial charge in [0.2, 0.25) is 0 Å². The highest BCUT2D eigenvalue weighted by Crippen LogP contribution is 2.11. The van der Waals surface area contributed by atoms with Gasteiger partial charge in [-0.05, 0) is 19.1 Å². The van der Waals surface area contributed by atoms with E-state index in [9.17, 15) is 13.2 Å². The van der Waals surface area contributed by atoms with Crippen molar-refractivity contribution in [3.63, 3.8) is 0 Å². The Morgan fingerprint density at radius 2 is 1.94 bits per heavy atom. The van der Waals surface area contributed by atoms with Gasteiger partial charge in [0.15, 0.2) is 0 Å². The first-order valence-electron chi connectivity index (χ1n) is 4.60. The highest BCUT2D eigenvalue weighted by Gasteiger charge is 2.24. The summed E-state index contributed by atoms with van der Waals surface area (Å²) in [6, 6.07) is 6.77. The van der Waals surface area contributed by atoms with E-state index in [0.717, 1.165) is 3.22 Å². The van der Waals surface area contributed by atoms with E-state index in [1.165, 1.54) is 19.1 Å². The summed E-state index contributed by atoms with van der Waals surface area (Å²) in [5, 5.41) is 8.74. The standard InChI is InChI=1S/C9H11IN2O4S/c1-7(9(13)14)12(10)11-17(15,16)8-5-3-2-4-6-8/h2-7,11H,1H3,(H,13,14)/t7-/m0/s1. The maximum Gasteiger partial charge on any atom is 0.322 e. The van der Waals surface area contributed by atoms with Crippen LogP contribution >= 0.6 is 22.9 Å². The SMILES string of the molecule is C[C@@H](C(=O)O)N(I)NS(=O)(=O)c1ccccc1. The van der Waals surface area contributed by atoms with E-state index in [2.05, 4.69) is 4.83 Å². The van der Waals surface area contributed by atoms with Crippen molar-refractivity contribution in [3.05, 3.63) is 30.3 Å². The molecule has 17 heavy (non-hydrogen) atoms. The Hall–Kier alpha value is -0.710. The number of carboxylic acids is 1. The molecule has 1 atom stereocenters. The van der Waals surface area contributed by atoms with E-state index in [4.69, 9.17) is 5.11 Å². The molecule has 0 bridgehead atoms. The lowest BCUT2D eigenvalue weighted by Gasteiger charge is -2.19. The molecule has 0 heterocycles. The molecular formula is C9H11IN2O4S. The number of halogens is 1. The minimum absolute atomic E-state index is 0.0826. The molecule has 0 unspecified atom stereocenters. The molecule has 1 aromatic carbocycles. The number of nitrogens with one attached hydrogen (secondary N) is 1. The number of sulfonamides is 1. The van der Waals surface area contributed by atoms with Gasteiger partial charge in [-0.15, -0.1) is 4.83 Å². The molecule has 8 heteroatoms. The summed E-state index contributed by atoms with van der Waals surface area (Å²) in [6.45, 7) is 1.38. The smallest absolute Gasteiger partial charge is 0.322 e. The first-order valence-corrected chi connectivity index (χ1v) is 7.04. The van der Waals surface area contributed by atoms with Crippen molar-refractivity contribution in [2.75, 3.05) is 0 Å². The zero-order valence-corrected chi connectivity index (χ0v) is 11.8. The maximum absolute atomic E-state index is 11.8. The summed E-state index contributed by atoms with van der Waals surface area (Å²) in [6.07, 6.45) is 0. The van der Waals surface area contributed by atoms with Gasteiger partial charge in [0.05, 0.1) is 4.90 Å². The molecule has 0 fully saturated rings. The Labute approximate surface area is 113 Å². The van der Waals surface area contributed by atoms with Crippen molar-refractivity contribution in [1.29, 1.82) is 0 Å².